The molecule has 3 aromatic rings. The Morgan fingerprint density at radius 3 is 1.90 bits per heavy atom. The van der Waals surface area contributed by atoms with Crippen LogP contribution in [0.3, 0.4) is 0 Å². The normalized spacial score (nSPS) is 10.0. The van der Waals surface area contributed by atoms with E-state index in [-0.39, 0.29) is 5.97 Å². The first-order valence-corrected chi connectivity index (χ1v) is 6.91. The van der Waals surface area contributed by atoms with Crippen LogP contribution in [0.4, 0.5) is 0 Å². The lowest BCUT2D eigenvalue weighted by Crippen LogP contribution is -2.03. The molecule has 1 heterocycles. The summed E-state index contributed by atoms with van der Waals surface area (Å²) in [5, 5.41) is 2.61. The minimum atomic E-state index is -0.312. The summed E-state index contributed by atoms with van der Waals surface area (Å²) in [4.78, 5) is 13.8. The molecule has 0 amide bonds. The highest BCUT2D eigenvalue weighted by molar-refractivity contribution is 6.06. The highest BCUT2D eigenvalue weighted by Crippen LogP contribution is 2.24. The molecule has 1 aromatic heterocycles. The molecule has 0 fully saturated rings. The Morgan fingerprint density at radius 1 is 1.05 bits per heavy atom. The summed E-state index contributed by atoms with van der Waals surface area (Å²) >= 11 is 0. The summed E-state index contributed by atoms with van der Waals surface area (Å²) in [5.74, 6) is -0.312. The predicted octanol–water partition coefficient (Wildman–Crippen LogP) is 4.45. The lowest BCUT2D eigenvalue weighted by molar-refractivity contribution is -0.138. The van der Waals surface area contributed by atoms with Gasteiger partial charge in [-0.25, -0.2) is 4.79 Å². The minimum absolute atomic E-state index is 0.312. The molecule has 21 heavy (non-hydrogen) atoms. The first kappa shape index (κ1) is 14.9. The van der Waals surface area contributed by atoms with Crippen molar-refractivity contribution in [3.63, 3.8) is 0 Å². The number of para-hydroxylation sites is 2. The number of fused-ring (bicyclic) bond motifs is 3. The molecule has 3 nitrogen and oxygen atoms in total. The third kappa shape index (κ3) is 3.51. The van der Waals surface area contributed by atoms with Gasteiger partial charge in [0.15, 0.2) is 0 Å². The number of hydrogen-bond acceptors (Lipinski definition) is 2. The van der Waals surface area contributed by atoms with E-state index in [0.717, 1.165) is 0 Å². The zero-order chi connectivity index (χ0) is 15.2. The Balaban J connectivity index is 0.000000177. The molecule has 0 saturated carbocycles. The highest BCUT2D eigenvalue weighted by Gasteiger charge is 2.00. The Hall–Kier alpha value is -2.55. The highest BCUT2D eigenvalue weighted by atomic mass is 16.5. The van der Waals surface area contributed by atoms with Gasteiger partial charge in [-0.15, -0.1) is 0 Å². The summed E-state index contributed by atoms with van der Waals surface area (Å²) in [5.41, 5.74) is 2.87. The van der Waals surface area contributed by atoms with Gasteiger partial charge in [-0.3, -0.25) is 0 Å². The maximum atomic E-state index is 10.4. The van der Waals surface area contributed by atoms with Crippen LogP contribution in [0.15, 0.2) is 60.7 Å². The van der Waals surface area contributed by atoms with E-state index in [1.807, 2.05) is 0 Å². The maximum absolute atomic E-state index is 10.4. The fourth-order valence-electron chi connectivity index (χ4n) is 2.05. The molecule has 0 spiro atoms. The predicted molar refractivity (Wildman–Crippen MR) is 87.3 cm³/mol. The molecule has 0 bridgehead atoms. The van der Waals surface area contributed by atoms with Gasteiger partial charge in [0.1, 0.15) is 0 Å². The number of ether oxygens (including phenoxy) is 1. The molecule has 0 unspecified atom stereocenters. The topological polar surface area (TPSA) is 42.1 Å². The second-order valence-electron chi connectivity index (χ2n) is 4.72. The monoisotopic (exact) mass is 281 g/mol. The lowest BCUT2D eigenvalue weighted by Gasteiger charge is -1.96. The van der Waals surface area contributed by atoms with Gasteiger partial charge in [0.2, 0.25) is 0 Å². The maximum Gasteiger partial charge on any atom is 0.333 e. The van der Waals surface area contributed by atoms with Gasteiger partial charge in [0.25, 0.3) is 0 Å². The summed E-state index contributed by atoms with van der Waals surface area (Å²) < 4.78 is 4.56. The number of carbonyl (C=O) groups excluding carboxylic acids is 1. The van der Waals surface area contributed by atoms with Gasteiger partial charge in [0.05, 0.1) is 6.61 Å². The van der Waals surface area contributed by atoms with E-state index in [9.17, 15) is 4.79 Å². The Kier molecular flexibility index (Phi) is 4.77. The van der Waals surface area contributed by atoms with Gasteiger partial charge in [-0.1, -0.05) is 43.0 Å². The van der Waals surface area contributed by atoms with Crippen molar-refractivity contribution in [3.8, 4) is 0 Å². The van der Waals surface area contributed by atoms with Crippen molar-refractivity contribution in [1.82, 2.24) is 4.98 Å². The van der Waals surface area contributed by atoms with E-state index in [1.54, 1.807) is 13.8 Å². The Morgan fingerprint density at radius 2 is 1.52 bits per heavy atom. The average molecular weight is 281 g/mol. The Labute approximate surface area is 124 Å². The van der Waals surface area contributed by atoms with Crippen LogP contribution in [0.5, 0.6) is 0 Å². The quantitative estimate of drug-likeness (QED) is 0.557. The first-order valence-electron chi connectivity index (χ1n) is 6.91. The number of aromatic amines is 1. The molecule has 0 atom stereocenters. The number of esters is 1. The van der Waals surface area contributed by atoms with Crippen LogP contribution in [-0.4, -0.2) is 17.6 Å². The van der Waals surface area contributed by atoms with Crippen molar-refractivity contribution in [1.29, 1.82) is 0 Å². The van der Waals surface area contributed by atoms with Crippen molar-refractivity contribution < 1.29 is 9.53 Å². The summed E-state index contributed by atoms with van der Waals surface area (Å²) in [6, 6.07) is 16.8. The van der Waals surface area contributed by atoms with E-state index in [0.29, 0.717) is 12.2 Å². The van der Waals surface area contributed by atoms with Crippen molar-refractivity contribution in [2.45, 2.75) is 13.8 Å². The lowest BCUT2D eigenvalue weighted by atomic mass is 10.2. The largest absolute Gasteiger partial charge is 0.463 e. The number of H-pyrrole nitrogens is 1. The fourth-order valence-corrected chi connectivity index (χ4v) is 2.05. The molecular weight excluding hydrogens is 262 g/mol. The molecule has 0 saturated heterocycles. The van der Waals surface area contributed by atoms with Crippen LogP contribution in [0.1, 0.15) is 13.8 Å². The summed E-state index contributed by atoms with van der Waals surface area (Å²) in [6.07, 6.45) is 0. The van der Waals surface area contributed by atoms with Gasteiger partial charge < -0.3 is 9.72 Å². The standard InChI is InChI=1S/C12H9N.C6H10O2/c1-3-7-11-9(5-1)10-6-2-4-8-12(10)13-11;1-4-8-6(7)5(2)3/h1-8,13H;2,4H2,1,3H3. The second-order valence-corrected chi connectivity index (χ2v) is 4.72. The molecule has 0 aliphatic heterocycles. The smallest absolute Gasteiger partial charge is 0.333 e. The first-order chi connectivity index (χ1) is 10.1. The van der Waals surface area contributed by atoms with Crippen molar-refractivity contribution >= 4 is 27.8 Å². The van der Waals surface area contributed by atoms with E-state index in [4.69, 9.17) is 0 Å². The number of rotatable bonds is 2. The average Bonchev–Trinajstić information content (AvgIpc) is 2.86. The fraction of sp³-hybridized carbons (Fsp3) is 0.167. The molecule has 3 rings (SSSR count). The van der Waals surface area contributed by atoms with Crippen LogP contribution >= 0.6 is 0 Å². The van der Waals surface area contributed by atoms with Crippen molar-refractivity contribution in [2.75, 3.05) is 6.61 Å². The van der Waals surface area contributed by atoms with Gasteiger partial charge in [-0.05, 0) is 26.0 Å². The zero-order valence-corrected chi connectivity index (χ0v) is 12.3. The van der Waals surface area contributed by atoms with Gasteiger partial charge in [0, 0.05) is 27.4 Å². The molecule has 0 radical (unpaired) electrons. The van der Waals surface area contributed by atoms with E-state index in [2.05, 4.69) is 64.8 Å². The van der Waals surface area contributed by atoms with Crippen molar-refractivity contribution in [2.24, 2.45) is 0 Å². The molecule has 1 N–H and O–H groups in total. The van der Waals surface area contributed by atoms with Crippen LogP contribution < -0.4 is 0 Å². The molecule has 0 aliphatic carbocycles. The molecule has 0 aliphatic rings. The molecule has 108 valence electrons. The van der Waals surface area contributed by atoms with E-state index in [1.165, 1.54) is 21.8 Å². The number of nitrogens with one attached hydrogen (secondary N) is 1. The van der Waals surface area contributed by atoms with Crippen LogP contribution in [0.2, 0.25) is 0 Å². The van der Waals surface area contributed by atoms with Crippen LogP contribution in [0.25, 0.3) is 21.8 Å². The van der Waals surface area contributed by atoms with Gasteiger partial charge in [-0.2, -0.15) is 0 Å². The van der Waals surface area contributed by atoms with E-state index < -0.39 is 0 Å². The molecule has 2 aromatic carbocycles. The van der Waals surface area contributed by atoms with Crippen LogP contribution in [-0.2, 0) is 9.53 Å². The van der Waals surface area contributed by atoms with Crippen LogP contribution in [0, 0.1) is 0 Å². The second kappa shape index (κ2) is 6.75. The molecule has 3 heteroatoms. The number of benzene rings is 2. The molecular formula is C18H19NO2. The SMILES string of the molecule is C=C(C)C(=O)OCC.c1ccc2c(c1)[nH]c1ccccc12. The minimum Gasteiger partial charge on any atom is -0.463 e. The van der Waals surface area contributed by atoms with Crippen molar-refractivity contribution in [3.05, 3.63) is 60.7 Å². The number of aromatic nitrogens is 1. The summed E-state index contributed by atoms with van der Waals surface area (Å²) in [7, 11) is 0. The third-order valence-electron chi connectivity index (χ3n) is 3.04. The summed E-state index contributed by atoms with van der Waals surface area (Å²) in [6.45, 7) is 7.21. The van der Waals surface area contributed by atoms with Gasteiger partial charge >= 0.3 is 5.97 Å². The third-order valence-corrected chi connectivity index (χ3v) is 3.04. The number of hydrogen-bond donors (Lipinski definition) is 1. The number of carbonyl (C=O) groups is 1. The van der Waals surface area contributed by atoms with E-state index >= 15 is 0 Å². The Bertz CT molecular complexity index is 721. The zero-order valence-electron chi connectivity index (χ0n) is 12.3.